The quantitative estimate of drug-likeness (QED) is 0.0973. The molecular weight excluding hydrogens is 1010 g/mol. The lowest BCUT2D eigenvalue weighted by Crippen LogP contribution is -2.39. The molecule has 1 N–H and O–H groups in total. The van der Waals surface area contributed by atoms with Crippen LogP contribution in [0.5, 0.6) is 0 Å². The molecule has 0 saturated carbocycles. The summed E-state index contributed by atoms with van der Waals surface area (Å²) in [4.78, 5) is 59.7. The van der Waals surface area contributed by atoms with Crippen molar-refractivity contribution in [1.29, 1.82) is 0 Å². The number of hydrogen-bond donors (Lipinski definition) is 1. The first-order valence-corrected chi connectivity index (χ1v) is 25.9. The van der Waals surface area contributed by atoms with Crippen LogP contribution in [0.25, 0.3) is 22.5 Å². The molecule has 0 aliphatic carbocycles. The van der Waals surface area contributed by atoms with Gasteiger partial charge in [0.25, 0.3) is 17.4 Å². The van der Waals surface area contributed by atoms with Crippen molar-refractivity contribution in [2.75, 3.05) is 71.6 Å². The van der Waals surface area contributed by atoms with Gasteiger partial charge in [0.2, 0.25) is 5.56 Å². The van der Waals surface area contributed by atoms with Crippen molar-refractivity contribution in [3.63, 3.8) is 0 Å². The van der Waals surface area contributed by atoms with E-state index < -0.39 is 0 Å². The highest BCUT2D eigenvalue weighted by Gasteiger charge is 2.21. The molecule has 0 bridgehead atoms. The summed E-state index contributed by atoms with van der Waals surface area (Å²) in [5.41, 5.74) is 4.49. The van der Waals surface area contributed by atoms with Gasteiger partial charge in [0.05, 0.1) is 70.1 Å². The highest BCUT2D eigenvalue weighted by atomic mass is 35.5. The first-order chi connectivity index (χ1) is 34.6. The molecule has 0 atom stereocenters. The van der Waals surface area contributed by atoms with Gasteiger partial charge in [-0.3, -0.25) is 29.0 Å². The van der Waals surface area contributed by atoms with E-state index in [0.29, 0.717) is 53.0 Å². The number of rotatable bonds is 15. The number of nitrogens with zero attached hydrogens (tertiary/aromatic N) is 7. The Morgan fingerprint density at radius 1 is 0.620 bits per heavy atom. The van der Waals surface area contributed by atoms with E-state index in [9.17, 15) is 19.2 Å². The number of pyridine rings is 2. The zero-order chi connectivity index (χ0) is 49.5. The van der Waals surface area contributed by atoms with Gasteiger partial charge in [-0.2, -0.15) is 10.2 Å². The van der Waals surface area contributed by atoms with Gasteiger partial charge in [0.15, 0.2) is 0 Å². The van der Waals surface area contributed by atoms with Crippen LogP contribution >= 0.6 is 57.5 Å². The van der Waals surface area contributed by atoms with Crippen molar-refractivity contribution in [2.45, 2.75) is 32.2 Å². The Morgan fingerprint density at radius 3 is 1.59 bits per heavy atom. The number of nitrogens with one attached hydrogen (secondary N) is 1. The minimum atomic E-state index is -0.279. The lowest BCUT2D eigenvalue weighted by Gasteiger charge is -2.26. The second-order valence-electron chi connectivity index (χ2n) is 16.4. The molecule has 71 heavy (non-hydrogen) atoms. The zero-order valence-corrected chi connectivity index (χ0v) is 42.5. The zero-order valence-electron chi connectivity index (χ0n) is 38.6. The van der Waals surface area contributed by atoms with Crippen molar-refractivity contribution >= 4 is 69.3 Å². The van der Waals surface area contributed by atoms with Crippen LogP contribution in [-0.4, -0.2) is 122 Å². The van der Waals surface area contributed by atoms with E-state index in [2.05, 4.69) is 25.0 Å². The Labute approximate surface area is 431 Å². The lowest BCUT2D eigenvalue weighted by atomic mass is 10.1. The normalized spacial score (nSPS) is 14.1. The van der Waals surface area contributed by atoms with E-state index in [1.54, 1.807) is 41.2 Å². The van der Waals surface area contributed by atoms with Crippen LogP contribution in [0.4, 0.5) is 0 Å². The number of alkyl halides is 1. The maximum Gasteiger partial charge on any atom is 0.281 e. The summed E-state index contributed by atoms with van der Waals surface area (Å²) in [6.45, 7) is 9.49. The first kappa shape index (κ1) is 51.7. The summed E-state index contributed by atoms with van der Waals surface area (Å²) in [6, 6.07) is 21.3. The second-order valence-corrected chi connectivity index (χ2v) is 20.4. The molecule has 16 nitrogen and oxygen atoms in total. The number of ether oxygens (including phenoxy) is 2. The number of morpholine rings is 2. The Morgan fingerprint density at radius 2 is 1.14 bits per heavy atom. The second kappa shape index (κ2) is 25.6. The molecule has 0 radical (unpaired) electrons. The van der Waals surface area contributed by atoms with Crippen molar-refractivity contribution in [3.05, 3.63) is 172 Å². The van der Waals surface area contributed by atoms with Crippen LogP contribution in [0.2, 0.25) is 8.67 Å². The summed E-state index contributed by atoms with van der Waals surface area (Å²) in [5, 5.41) is 9.02. The van der Waals surface area contributed by atoms with Gasteiger partial charge in [-0.1, -0.05) is 23.2 Å². The molecule has 0 aromatic carbocycles. The predicted molar refractivity (Wildman–Crippen MR) is 276 cm³/mol. The Hall–Kier alpha value is -5.67. The number of hydrogen-bond acceptors (Lipinski definition) is 14. The molecule has 10 rings (SSSR count). The van der Waals surface area contributed by atoms with Crippen molar-refractivity contribution in [3.8, 4) is 22.5 Å². The van der Waals surface area contributed by atoms with E-state index in [1.165, 1.54) is 63.2 Å². The molecule has 21 heteroatoms. The molecule has 2 aliphatic heterocycles. The predicted octanol–water partition coefficient (Wildman–Crippen LogP) is 8.40. The van der Waals surface area contributed by atoms with E-state index in [4.69, 9.17) is 53.1 Å². The summed E-state index contributed by atoms with van der Waals surface area (Å²) >= 11 is 20.6. The van der Waals surface area contributed by atoms with Crippen LogP contribution in [0.1, 0.15) is 41.9 Å². The van der Waals surface area contributed by atoms with Crippen LogP contribution in [0, 0.1) is 0 Å². The fraction of sp³-hybridized carbons (Fsp3) is 0.320. The maximum absolute atomic E-state index is 13.1. The average Bonchev–Trinajstić information content (AvgIpc) is 4.26. The van der Waals surface area contributed by atoms with Crippen molar-refractivity contribution in [2.24, 2.45) is 0 Å². The largest absolute Gasteiger partial charge is 0.472 e. The third kappa shape index (κ3) is 14.5. The van der Waals surface area contributed by atoms with Gasteiger partial charge in [-0.05, 0) is 86.3 Å². The molecule has 0 amide bonds. The number of furan rings is 2. The Bertz CT molecular complexity index is 3070. The van der Waals surface area contributed by atoms with Crippen molar-refractivity contribution in [1.82, 2.24) is 38.9 Å². The van der Waals surface area contributed by atoms with E-state index >= 15 is 0 Å². The first-order valence-electron chi connectivity index (χ1n) is 23.0. The number of carbonyl (C=O) groups excluding carboxylic acids is 2. The number of thiophene rings is 2. The topological polar surface area (TPSA) is 176 Å². The monoisotopic (exact) mass is 1060 g/mol. The summed E-state index contributed by atoms with van der Waals surface area (Å²) in [5.74, 6) is 0.183. The summed E-state index contributed by atoms with van der Waals surface area (Å²) < 4.78 is 26.6. The number of aromatic nitrogens is 6. The average molecular weight is 1060 g/mol. The lowest BCUT2D eigenvalue weighted by molar-refractivity contribution is 0.0363. The third-order valence-electron chi connectivity index (χ3n) is 11.6. The van der Waals surface area contributed by atoms with Crippen LogP contribution in [0.3, 0.4) is 0 Å². The molecule has 2 fully saturated rings. The number of halogens is 3. The van der Waals surface area contributed by atoms with Gasteiger partial charge >= 0.3 is 0 Å². The third-order valence-corrected chi connectivity index (χ3v) is 14.4. The fourth-order valence-electron chi connectivity index (χ4n) is 7.80. The smallest absolute Gasteiger partial charge is 0.281 e. The number of H-pyrrole nitrogens is 1. The van der Waals surface area contributed by atoms with Crippen LogP contribution in [-0.2, 0) is 41.7 Å². The van der Waals surface area contributed by atoms with E-state index in [1.807, 2.05) is 42.5 Å². The molecule has 0 spiro atoms. The highest BCUT2D eigenvalue weighted by molar-refractivity contribution is 7.16. The minimum absolute atomic E-state index is 0.0961. The maximum atomic E-state index is 13.1. The molecule has 10 heterocycles. The molecule has 372 valence electrons. The summed E-state index contributed by atoms with van der Waals surface area (Å²) in [6.07, 6.45) is 11.7. The molecule has 8 aromatic heterocycles. The molecular formula is C50H51Cl3N8O8S2. The highest BCUT2D eigenvalue weighted by Crippen LogP contribution is 2.27. The summed E-state index contributed by atoms with van der Waals surface area (Å²) in [7, 11) is 0. The molecule has 2 aliphatic rings. The number of aryl methyl sites for hydroxylation is 4. The minimum Gasteiger partial charge on any atom is -0.472 e. The van der Waals surface area contributed by atoms with Crippen LogP contribution < -0.4 is 11.1 Å². The van der Waals surface area contributed by atoms with E-state index in [-0.39, 0.29) is 22.9 Å². The molecule has 0 unspecified atom stereocenters. The number of aromatic amines is 1. The Balaban J connectivity index is 0.000000166. The van der Waals surface area contributed by atoms with Gasteiger partial charge in [-0.25, -0.2) is 9.36 Å². The molecule has 8 aromatic rings. The molecule has 2 saturated heterocycles. The number of carbonyl (C=O) groups is 2. The van der Waals surface area contributed by atoms with Crippen molar-refractivity contribution < 1.29 is 27.9 Å². The van der Waals surface area contributed by atoms with E-state index in [0.717, 1.165) is 114 Å². The van der Waals surface area contributed by atoms with Crippen LogP contribution in [0.15, 0.2) is 129 Å². The van der Waals surface area contributed by atoms with Gasteiger partial charge in [0, 0.05) is 108 Å². The SMILES string of the molecule is ClCCN1CCOCC1.O=C(c1ccoc1)n1nc(-c2cc[nH]c(=O)c2)cc1CCc1ccc(Cl)s1.O=C(c1ccoc1)n1nc(-c2ccn(CCN3CCOCC3)c(=O)c2)cc1CCc1ccc(Cl)s1. The Kier molecular flexibility index (Phi) is 18.7. The fourth-order valence-corrected chi connectivity index (χ4v) is 10.2. The van der Waals surface area contributed by atoms with Gasteiger partial charge in [-0.15, -0.1) is 34.3 Å². The van der Waals surface area contributed by atoms with Gasteiger partial charge < -0.3 is 27.9 Å². The standard InChI is InChI=1S/C25H25ClN4O4S.C19H14ClN3O3S.C6H12ClNO/c26-23-4-3-21(35-23)2-1-20-16-22(27-30(20)25(32)19-6-12-34-17-19)18-5-7-29(24(31)15-18)9-8-28-10-13-33-14-11-28;20-17-4-3-15(27-17)2-1-14-10-16(12-5-7-21-18(24)9-12)22-23(14)19(25)13-6-8-26-11-13;7-1-2-8-3-5-9-6-4-8/h3-7,12,15-17H,1-2,8-11,13-14H2;3-11H,1-2H2,(H,21,24);1-6H2. The van der Waals surface area contributed by atoms with Gasteiger partial charge in [0.1, 0.15) is 12.5 Å².